The van der Waals surface area contributed by atoms with Gasteiger partial charge in [-0.3, -0.25) is 4.68 Å². The van der Waals surface area contributed by atoms with Crippen LogP contribution in [-0.4, -0.2) is 22.0 Å². The van der Waals surface area contributed by atoms with Gasteiger partial charge in [-0.15, -0.1) is 0 Å². The van der Waals surface area contributed by atoms with Crippen LogP contribution in [0.2, 0.25) is 0 Å². The number of aromatic hydroxyl groups is 1. The zero-order valence-electron chi connectivity index (χ0n) is 10.4. The van der Waals surface area contributed by atoms with Gasteiger partial charge in [-0.1, -0.05) is 0 Å². The number of anilines is 1. The molecule has 0 spiro atoms. The first kappa shape index (κ1) is 12.2. The molecule has 1 aromatic carbocycles. The summed E-state index contributed by atoms with van der Waals surface area (Å²) in [6.45, 7) is 1.66. The lowest BCUT2D eigenvalue weighted by Crippen LogP contribution is -1.97. The second-order valence-electron chi connectivity index (χ2n) is 4.01. The summed E-state index contributed by atoms with van der Waals surface area (Å²) in [6.07, 6.45) is 0. The summed E-state index contributed by atoms with van der Waals surface area (Å²) < 4.78 is 20.5. The summed E-state index contributed by atoms with van der Waals surface area (Å²) in [7, 11) is 2.97. The number of hydrogen-bond donors (Lipinski definition) is 2. The smallest absolute Gasteiger partial charge is 0.197 e. The van der Waals surface area contributed by atoms with E-state index in [2.05, 4.69) is 5.10 Å². The van der Waals surface area contributed by atoms with Crippen LogP contribution >= 0.6 is 0 Å². The van der Waals surface area contributed by atoms with E-state index in [0.29, 0.717) is 17.1 Å². The topological polar surface area (TPSA) is 73.3 Å². The Morgan fingerprint density at radius 3 is 2.61 bits per heavy atom. The third-order valence-corrected chi connectivity index (χ3v) is 2.78. The minimum atomic E-state index is -0.654. The minimum absolute atomic E-state index is 0.186. The molecule has 0 atom stereocenters. The molecule has 96 valence electrons. The van der Waals surface area contributed by atoms with Crippen molar-refractivity contribution in [1.29, 1.82) is 0 Å². The molecule has 0 aliphatic carbocycles. The number of nitrogens with zero attached hydrogens (tertiary/aromatic N) is 2. The summed E-state index contributed by atoms with van der Waals surface area (Å²) in [5.41, 5.74) is 6.81. The van der Waals surface area contributed by atoms with Crippen molar-refractivity contribution in [2.45, 2.75) is 6.92 Å². The number of hydrogen-bond acceptors (Lipinski definition) is 4. The van der Waals surface area contributed by atoms with E-state index in [1.807, 2.05) is 0 Å². The van der Waals surface area contributed by atoms with Crippen LogP contribution in [0.15, 0.2) is 12.1 Å². The molecule has 5 nitrogen and oxygen atoms in total. The highest BCUT2D eigenvalue weighted by Gasteiger charge is 2.19. The molecular weight excluding hydrogens is 237 g/mol. The van der Waals surface area contributed by atoms with Gasteiger partial charge in [-0.2, -0.15) is 5.10 Å². The molecule has 0 fully saturated rings. The molecule has 0 radical (unpaired) electrons. The molecule has 0 bridgehead atoms. The highest BCUT2D eigenvalue weighted by molar-refractivity contribution is 5.69. The van der Waals surface area contributed by atoms with Crippen molar-refractivity contribution in [3.63, 3.8) is 0 Å². The fourth-order valence-electron chi connectivity index (χ4n) is 1.74. The Hall–Kier alpha value is -2.24. The fraction of sp³-hybridized carbons (Fsp3) is 0.250. The molecule has 0 amide bonds. The summed E-state index contributed by atoms with van der Waals surface area (Å²) in [6, 6.07) is 3.07. The van der Waals surface area contributed by atoms with Crippen molar-refractivity contribution in [1.82, 2.24) is 9.78 Å². The maximum Gasteiger partial charge on any atom is 0.197 e. The van der Waals surface area contributed by atoms with E-state index in [4.69, 9.17) is 10.5 Å². The molecule has 0 aliphatic heterocycles. The van der Waals surface area contributed by atoms with Crippen LogP contribution in [0.25, 0.3) is 11.3 Å². The summed E-state index contributed by atoms with van der Waals surface area (Å²) in [5, 5.41) is 13.8. The number of aromatic nitrogens is 2. The van der Waals surface area contributed by atoms with Crippen LogP contribution in [0.1, 0.15) is 5.56 Å². The summed E-state index contributed by atoms with van der Waals surface area (Å²) >= 11 is 0. The molecule has 1 aromatic heterocycles. The van der Waals surface area contributed by atoms with Crippen molar-refractivity contribution in [2.24, 2.45) is 7.05 Å². The molecule has 0 saturated carbocycles. The van der Waals surface area contributed by atoms with Crippen molar-refractivity contribution in [3.05, 3.63) is 23.5 Å². The van der Waals surface area contributed by atoms with Crippen LogP contribution in [0.5, 0.6) is 11.5 Å². The van der Waals surface area contributed by atoms with Crippen LogP contribution in [-0.2, 0) is 7.05 Å². The van der Waals surface area contributed by atoms with Crippen molar-refractivity contribution >= 4 is 5.82 Å². The Morgan fingerprint density at radius 1 is 1.44 bits per heavy atom. The van der Waals surface area contributed by atoms with Crippen molar-refractivity contribution < 1.29 is 14.2 Å². The third-order valence-electron chi connectivity index (χ3n) is 2.78. The lowest BCUT2D eigenvalue weighted by atomic mass is 10.1. The van der Waals surface area contributed by atoms with Crippen molar-refractivity contribution in [2.75, 3.05) is 12.8 Å². The van der Waals surface area contributed by atoms with Crippen LogP contribution in [0.3, 0.4) is 0 Å². The number of phenolic OH excluding ortho intramolecular Hbond substituents is 1. The highest BCUT2D eigenvalue weighted by atomic mass is 19.1. The highest BCUT2D eigenvalue weighted by Crippen LogP contribution is 2.38. The SMILES string of the molecule is COc1c(O)c(C)cc(-c2cc(N)n(C)n2)c1F. The number of ether oxygens (including phenoxy) is 1. The first-order valence-corrected chi connectivity index (χ1v) is 5.31. The standard InChI is InChI=1S/C12H14FN3O2/c1-6-4-7(8-5-9(14)16(2)15-8)10(13)12(18-3)11(6)17/h4-5,17H,14H2,1-3H3. The zero-order valence-corrected chi connectivity index (χ0v) is 10.4. The maximum absolute atomic E-state index is 14.2. The van der Waals surface area contributed by atoms with Crippen LogP contribution in [0.4, 0.5) is 10.2 Å². The predicted octanol–water partition coefficient (Wildman–Crippen LogP) is 1.83. The number of phenols is 1. The second kappa shape index (κ2) is 4.21. The Balaban J connectivity index is 2.68. The molecule has 0 saturated heterocycles. The van der Waals surface area contributed by atoms with Gasteiger partial charge < -0.3 is 15.6 Å². The first-order valence-electron chi connectivity index (χ1n) is 5.31. The Morgan fingerprint density at radius 2 is 2.11 bits per heavy atom. The number of rotatable bonds is 2. The van der Waals surface area contributed by atoms with E-state index in [0.717, 1.165) is 0 Å². The average Bonchev–Trinajstić information content (AvgIpc) is 2.65. The third kappa shape index (κ3) is 1.75. The number of nitrogen functional groups attached to an aromatic ring is 1. The Bertz CT molecular complexity index is 588. The van der Waals surface area contributed by atoms with E-state index >= 15 is 0 Å². The van der Waals surface area contributed by atoms with Crippen molar-refractivity contribution in [3.8, 4) is 22.8 Å². The van der Waals surface area contributed by atoms with Gasteiger partial charge in [0.25, 0.3) is 0 Å². The maximum atomic E-state index is 14.2. The molecule has 2 aromatic rings. The monoisotopic (exact) mass is 251 g/mol. The summed E-state index contributed by atoms with van der Waals surface area (Å²) in [5.74, 6) is -0.621. The molecule has 0 aliphatic rings. The number of halogens is 1. The van der Waals surface area contributed by atoms with Gasteiger partial charge in [0.05, 0.1) is 12.8 Å². The number of benzene rings is 1. The van der Waals surface area contributed by atoms with Crippen LogP contribution in [0, 0.1) is 12.7 Å². The first-order chi connectivity index (χ1) is 8.45. The van der Waals surface area contributed by atoms with Gasteiger partial charge in [-0.05, 0) is 18.6 Å². The summed E-state index contributed by atoms with van der Waals surface area (Å²) in [4.78, 5) is 0. The van der Waals surface area contributed by atoms with E-state index in [1.165, 1.54) is 17.9 Å². The van der Waals surface area contributed by atoms with Gasteiger partial charge >= 0.3 is 0 Å². The van der Waals surface area contributed by atoms with E-state index in [-0.39, 0.29) is 17.1 Å². The van der Waals surface area contributed by atoms with Gasteiger partial charge in [0.1, 0.15) is 5.82 Å². The lowest BCUT2D eigenvalue weighted by molar-refractivity contribution is 0.350. The molecular formula is C12H14FN3O2. The van der Waals surface area contributed by atoms with Gasteiger partial charge in [0.2, 0.25) is 0 Å². The van der Waals surface area contributed by atoms with E-state index in [1.54, 1.807) is 20.0 Å². The molecule has 18 heavy (non-hydrogen) atoms. The average molecular weight is 251 g/mol. The largest absolute Gasteiger partial charge is 0.504 e. The molecule has 0 unspecified atom stereocenters. The Kier molecular flexibility index (Phi) is 2.86. The van der Waals surface area contributed by atoms with Gasteiger partial charge in [-0.25, -0.2) is 4.39 Å². The van der Waals surface area contributed by atoms with E-state index in [9.17, 15) is 9.50 Å². The lowest BCUT2D eigenvalue weighted by Gasteiger charge is -2.10. The predicted molar refractivity (Wildman–Crippen MR) is 66.0 cm³/mol. The molecule has 3 N–H and O–H groups in total. The molecule has 6 heteroatoms. The minimum Gasteiger partial charge on any atom is -0.504 e. The van der Waals surface area contributed by atoms with E-state index < -0.39 is 5.82 Å². The molecule has 2 rings (SSSR count). The quantitative estimate of drug-likeness (QED) is 0.854. The number of nitrogens with two attached hydrogens (primary N) is 1. The fourth-order valence-corrected chi connectivity index (χ4v) is 1.74. The Labute approximate surface area is 104 Å². The normalized spacial score (nSPS) is 10.7. The zero-order chi connectivity index (χ0) is 13.4. The van der Waals surface area contributed by atoms with Crippen LogP contribution < -0.4 is 10.5 Å². The van der Waals surface area contributed by atoms with Gasteiger partial charge in [0.15, 0.2) is 17.3 Å². The second-order valence-corrected chi connectivity index (χ2v) is 4.01. The van der Waals surface area contributed by atoms with Gasteiger partial charge in [0, 0.05) is 18.7 Å². The molecule has 1 heterocycles. The number of aryl methyl sites for hydroxylation is 2. The number of methoxy groups -OCH3 is 1.